The highest BCUT2D eigenvalue weighted by molar-refractivity contribution is 6.39. The number of rotatable bonds is 5. The molecule has 1 aromatic rings. The molecular weight excluding hydrogens is 313 g/mol. The molecule has 7 heteroatoms. The van der Waals surface area contributed by atoms with E-state index < -0.39 is 17.6 Å². The van der Waals surface area contributed by atoms with Crippen LogP contribution in [0.5, 0.6) is 0 Å². The van der Waals surface area contributed by atoms with E-state index in [-0.39, 0.29) is 11.7 Å². The maximum atomic E-state index is 13.7. The van der Waals surface area contributed by atoms with Crippen LogP contribution in [0.2, 0.25) is 0 Å². The monoisotopic (exact) mass is 337 g/mol. The van der Waals surface area contributed by atoms with Crippen molar-refractivity contribution >= 4 is 17.5 Å². The average molecular weight is 337 g/mol. The summed E-state index contributed by atoms with van der Waals surface area (Å²) in [4.78, 5) is 26.2. The molecular formula is C17H24FN3O3. The lowest BCUT2D eigenvalue weighted by molar-refractivity contribution is -0.136. The van der Waals surface area contributed by atoms with Gasteiger partial charge in [0.15, 0.2) is 0 Å². The first-order valence-corrected chi connectivity index (χ1v) is 8.09. The number of hydrogen-bond donors (Lipinski definition) is 2. The predicted molar refractivity (Wildman–Crippen MR) is 89.2 cm³/mol. The van der Waals surface area contributed by atoms with Crippen molar-refractivity contribution in [3.05, 3.63) is 29.6 Å². The van der Waals surface area contributed by atoms with Gasteiger partial charge in [-0.1, -0.05) is 6.07 Å². The number of likely N-dealkylation sites (tertiary alicyclic amines) is 1. The third-order valence-electron chi connectivity index (χ3n) is 4.03. The summed E-state index contributed by atoms with van der Waals surface area (Å²) in [5, 5.41) is 5.03. The third kappa shape index (κ3) is 5.28. The molecule has 0 saturated carbocycles. The van der Waals surface area contributed by atoms with Gasteiger partial charge in [-0.05, 0) is 44.0 Å². The number of piperidine rings is 1. The number of amides is 2. The number of aryl methyl sites for hydroxylation is 1. The lowest BCUT2D eigenvalue weighted by atomic mass is 10.1. The molecule has 1 heterocycles. The first-order valence-electron chi connectivity index (χ1n) is 8.09. The largest absolute Gasteiger partial charge is 0.383 e. The molecule has 1 fully saturated rings. The number of carbonyl (C=O) groups excluding carboxylic acids is 2. The van der Waals surface area contributed by atoms with E-state index in [2.05, 4.69) is 15.5 Å². The Morgan fingerprint density at radius 1 is 1.38 bits per heavy atom. The van der Waals surface area contributed by atoms with E-state index in [1.807, 2.05) is 0 Å². The van der Waals surface area contributed by atoms with Gasteiger partial charge < -0.3 is 15.4 Å². The summed E-state index contributed by atoms with van der Waals surface area (Å²) in [6.07, 6.45) is 1.77. The van der Waals surface area contributed by atoms with E-state index in [4.69, 9.17) is 4.74 Å². The fourth-order valence-corrected chi connectivity index (χ4v) is 2.75. The highest BCUT2D eigenvalue weighted by Crippen LogP contribution is 2.15. The van der Waals surface area contributed by atoms with E-state index in [9.17, 15) is 14.0 Å². The fourth-order valence-electron chi connectivity index (χ4n) is 2.75. The molecule has 1 aliphatic rings. The molecule has 0 bridgehead atoms. The van der Waals surface area contributed by atoms with Crippen molar-refractivity contribution in [2.75, 3.05) is 38.7 Å². The van der Waals surface area contributed by atoms with Crippen molar-refractivity contribution in [2.24, 2.45) is 0 Å². The van der Waals surface area contributed by atoms with Crippen molar-refractivity contribution < 1.29 is 18.7 Å². The van der Waals surface area contributed by atoms with Crippen LogP contribution in [0, 0.1) is 12.7 Å². The topological polar surface area (TPSA) is 70.7 Å². The molecule has 0 spiro atoms. The van der Waals surface area contributed by atoms with Crippen LogP contribution in [0.25, 0.3) is 0 Å². The highest BCUT2D eigenvalue weighted by atomic mass is 19.1. The Labute approximate surface area is 141 Å². The van der Waals surface area contributed by atoms with Gasteiger partial charge in [0, 0.05) is 26.2 Å². The Bertz CT molecular complexity index is 594. The van der Waals surface area contributed by atoms with Gasteiger partial charge in [-0.15, -0.1) is 0 Å². The van der Waals surface area contributed by atoms with Crippen LogP contribution >= 0.6 is 0 Å². The van der Waals surface area contributed by atoms with Crippen molar-refractivity contribution in [3.8, 4) is 0 Å². The summed E-state index contributed by atoms with van der Waals surface area (Å²) < 4.78 is 18.8. The van der Waals surface area contributed by atoms with Crippen LogP contribution in [0.1, 0.15) is 18.4 Å². The lowest BCUT2D eigenvalue weighted by Gasteiger charge is -2.32. The van der Waals surface area contributed by atoms with Gasteiger partial charge in [0.1, 0.15) is 5.82 Å². The molecule has 6 nitrogen and oxygen atoms in total. The van der Waals surface area contributed by atoms with Crippen LogP contribution in [0.3, 0.4) is 0 Å². The molecule has 132 valence electrons. The van der Waals surface area contributed by atoms with Crippen LogP contribution < -0.4 is 10.6 Å². The molecule has 2 amide bonds. The van der Waals surface area contributed by atoms with Crippen molar-refractivity contribution in [1.82, 2.24) is 10.2 Å². The van der Waals surface area contributed by atoms with Crippen LogP contribution in [-0.4, -0.2) is 56.1 Å². The maximum absolute atomic E-state index is 13.7. The Hall–Kier alpha value is -1.99. The number of anilines is 1. The summed E-state index contributed by atoms with van der Waals surface area (Å²) in [5.41, 5.74) is 0.749. The molecule has 0 unspecified atom stereocenters. The van der Waals surface area contributed by atoms with E-state index in [0.717, 1.165) is 31.5 Å². The minimum atomic E-state index is -0.855. The standard InChI is InChI=1S/C17H24FN3O3/c1-12-5-6-15(14(18)10-12)20-17(23)16(22)19-13-4-3-7-21(11-13)8-9-24-2/h5-6,10,13H,3-4,7-9,11H2,1-2H3,(H,19,22)(H,20,23)/t13-/m0/s1. The van der Waals surface area contributed by atoms with Gasteiger partial charge in [0.05, 0.1) is 12.3 Å². The minimum absolute atomic E-state index is 0.00566. The van der Waals surface area contributed by atoms with Gasteiger partial charge in [-0.2, -0.15) is 0 Å². The quantitative estimate of drug-likeness (QED) is 0.795. The normalized spacial score (nSPS) is 18.2. The predicted octanol–water partition coefficient (Wildman–Crippen LogP) is 1.30. The molecule has 1 aliphatic heterocycles. The number of ether oxygens (including phenoxy) is 1. The van der Waals surface area contributed by atoms with E-state index in [1.54, 1.807) is 20.1 Å². The lowest BCUT2D eigenvalue weighted by Crippen LogP contribution is -2.50. The van der Waals surface area contributed by atoms with Crippen LogP contribution in [-0.2, 0) is 14.3 Å². The third-order valence-corrected chi connectivity index (χ3v) is 4.03. The second-order valence-electron chi connectivity index (χ2n) is 6.04. The van der Waals surface area contributed by atoms with E-state index >= 15 is 0 Å². The highest BCUT2D eigenvalue weighted by Gasteiger charge is 2.24. The van der Waals surface area contributed by atoms with Gasteiger partial charge in [0.2, 0.25) is 0 Å². The zero-order valence-electron chi connectivity index (χ0n) is 14.1. The minimum Gasteiger partial charge on any atom is -0.383 e. The fraction of sp³-hybridized carbons (Fsp3) is 0.529. The number of halogens is 1. The molecule has 24 heavy (non-hydrogen) atoms. The number of nitrogens with zero attached hydrogens (tertiary/aromatic N) is 1. The Kier molecular flexibility index (Phi) is 6.69. The number of methoxy groups -OCH3 is 1. The molecule has 1 saturated heterocycles. The average Bonchev–Trinajstić information content (AvgIpc) is 2.55. The van der Waals surface area contributed by atoms with Crippen LogP contribution in [0.15, 0.2) is 18.2 Å². The van der Waals surface area contributed by atoms with Gasteiger partial charge in [0.25, 0.3) is 0 Å². The number of benzene rings is 1. The Balaban J connectivity index is 1.85. The zero-order chi connectivity index (χ0) is 17.5. The smallest absolute Gasteiger partial charge is 0.313 e. The van der Waals surface area contributed by atoms with Crippen LogP contribution in [0.4, 0.5) is 10.1 Å². The summed E-state index contributed by atoms with van der Waals surface area (Å²) >= 11 is 0. The van der Waals surface area contributed by atoms with Crippen molar-refractivity contribution in [2.45, 2.75) is 25.8 Å². The van der Waals surface area contributed by atoms with Gasteiger partial charge in [-0.25, -0.2) is 4.39 Å². The maximum Gasteiger partial charge on any atom is 0.313 e. The number of hydrogen-bond acceptors (Lipinski definition) is 4. The molecule has 2 rings (SSSR count). The van der Waals surface area contributed by atoms with E-state index in [1.165, 1.54) is 12.1 Å². The molecule has 0 aliphatic carbocycles. The molecule has 2 N–H and O–H groups in total. The number of carbonyl (C=O) groups is 2. The summed E-state index contributed by atoms with van der Waals surface area (Å²) in [7, 11) is 1.65. The summed E-state index contributed by atoms with van der Waals surface area (Å²) in [5.74, 6) is -2.15. The first kappa shape index (κ1) is 18.4. The Morgan fingerprint density at radius 3 is 2.88 bits per heavy atom. The molecule has 1 atom stereocenters. The van der Waals surface area contributed by atoms with Gasteiger partial charge >= 0.3 is 11.8 Å². The summed E-state index contributed by atoms with van der Waals surface area (Å²) in [6, 6.07) is 4.34. The Morgan fingerprint density at radius 2 is 2.17 bits per heavy atom. The SMILES string of the molecule is COCCN1CCC[C@H](NC(=O)C(=O)Nc2ccc(C)cc2F)C1. The van der Waals surface area contributed by atoms with Crippen molar-refractivity contribution in [3.63, 3.8) is 0 Å². The summed E-state index contributed by atoms with van der Waals surface area (Å²) in [6.45, 7) is 4.81. The van der Waals surface area contributed by atoms with Gasteiger partial charge in [-0.3, -0.25) is 14.5 Å². The molecule has 0 radical (unpaired) electrons. The molecule has 0 aromatic heterocycles. The van der Waals surface area contributed by atoms with Crippen molar-refractivity contribution in [1.29, 1.82) is 0 Å². The molecule has 1 aromatic carbocycles. The van der Waals surface area contributed by atoms with E-state index in [0.29, 0.717) is 13.2 Å². The zero-order valence-corrected chi connectivity index (χ0v) is 14.1. The second kappa shape index (κ2) is 8.75. The second-order valence-corrected chi connectivity index (χ2v) is 6.04. The first-order chi connectivity index (χ1) is 11.5. The number of nitrogens with one attached hydrogen (secondary N) is 2.